The molecular weight excluding hydrogens is 447 g/mol. The molecule has 3 N–H and O–H groups in total. The summed E-state index contributed by atoms with van der Waals surface area (Å²) in [4.78, 5) is 15.0. The largest absolute Gasteiger partial charge is 0.487 e. The molecule has 3 aromatic carbocycles. The van der Waals surface area contributed by atoms with Crippen LogP contribution in [0.2, 0.25) is 5.02 Å². The first kappa shape index (κ1) is 23.7. The fourth-order valence-corrected chi connectivity index (χ4v) is 3.77. The van der Waals surface area contributed by atoms with Crippen molar-refractivity contribution in [3.63, 3.8) is 0 Å². The number of aliphatic carboxylic acids is 1. The van der Waals surface area contributed by atoms with Crippen LogP contribution < -0.4 is 10.1 Å². The first-order valence-electron chi connectivity index (χ1n) is 10.1. The summed E-state index contributed by atoms with van der Waals surface area (Å²) in [6, 6.07) is 22.5. The summed E-state index contributed by atoms with van der Waals surface area (Å²) in [6.45, 7) is 0.821. The summed E-state index contributed by atoms with van der Waals surface area (Å²) in [5.41, 5.74) is 3.92. The molecule has 0 bridgehead atoms. The monoisotopic (exact) mass is 470 g/mol. The maximum atomic E-state index is 11.8. The van der Waals surface area contributed by atoms with E-state index in [0.717, 1.165) is 27.6 Å². The third-order valence-electron chi connectivity index (χ3n) is 5.18. The van der Waals surface area contributed by atoms with Crippen molar-refractivity contribution in [2.75, 3.05) is 0 Å². The zero-order valence-electron chi connectivity index (χ0n) is 17.3. The van der Waals surface area contributed by atoms with Gasteiger partial charge in [-0.3, -0.25) is 4.79 Å². The Morgan fingerprint density at radius 3 is 2.53 bits per heavy atom. The van der Waals surface area contributed by atoms with Gasteiger partial charge in [0.1, 0.15) is 18.4 Å². The number of fused-ring (bicyclic) bond motifs is 1. The SMILES string of the molecule is Cl.O=C(O)C(Cc1c[nH]c2ccccc12)NCc1ccc(OCc2ccccc2)c(Cl)c1. The van der Waals surface area contributed by atoms with E-state index in [1.54, 1.807) is 6.07 Å². The summed E-state index contributed by atoms with van der Waals surface area (Å²) < 4.78 is 5.80. The first-order valence-corrected chi connectivity index (χ1v) is 10.4. The lowest BCUT2D eigenvalue weighted by atomic mass is 10.0. The second-order valence-corrected chi connectivity index (χ2v) is 7.78. The Morgan fingerprint density at radius 2 is 1.78 bits per heavy atom. The number of aromatic nitrogens is 1. The summed E-state index contributed by atoms with van der Waals surface area (Å²) in [7, 11) is 0. The van der Waals surface area contributed by atoms with Gasteiger partial charge in [-0.1, -0.05) is 66.2 Å². The minimum absolute atomic E-state index is 0. The van der Waals surface area contributed by atoms with E-state index in [4.69, 9.17) is 16.3 Å². The van der Waals surface area contributed by atoms with Crippen molar-refractivity contribution in [2.24, 2.45) is 0 Å². The van der Waals surface area contributed by atoms with Crippen LogP contribution in [0.4, 0.5) is 0 Å². The lowest BCUT2D eigenvalue weighted by Gasteiger charge is -2.15. The van der Waals surface area contributed by atoms with Crippen LogP contribution in [-0.2, 0) is 24.4 Å². The van der Waals surface area contributed by atoms with Crippen LogP contribution in [0.15, 0.2) is 79.0 Å². The third kappa shape index (κ3) is 5.82. The van der Waals surface area contributed by atoms with E-state index in [9.17, 15) is 9.90 Å². The summed E-state index contributed by atoms with van der Waals surface area (Å²) in [5.74, 6) is -0.290. The Labute approximate surface area is 197 Å². The molecule has 0 amide bonds. The van der Waals surface area contributed by atoms with E-state index < -0.39 is 12.0 Å². The molecule has 0 saturated carbocycles. The van der Waals surface area contributed by atoms with Gasteiger partial charge in [-0.05, 0) is 34.9 Å². The van der Waals surface area contributed by atoms with Crippen LogP contribution >= 0.6 is 24.0 Å². The molecule has 7 heteroatoms. The molecule has 0 radical (unpaired) electrons. The Balaban J connectivity index is 0.00000289. The van der Waals surface area contributed by atoms with Crippen LogP contribution in [-0.4, -0.2) is 22.1 Å². The molecule has 1 heterocycles. The molecule has 1 aromatic heterocycles. The molecule has 32 heavy (non-hydrogen) atoms. The van der Waals surface area contributed by atoms with Gasteiger partial charge in [-0.15, -0.1) is 12.4 Å². The van der Waals surface area contributed by atoms with Crippen molar-refractivity contribution in [3.8, 4) is 5.75 Å². The fourth-order valence-electron chi connectivity index (χ4n) is 3.51. The van der Waals surface area contributed by atoms with Gasteiger partial charge in [-0.25, -0.2) is 0 Å². The maximum Gasteiger partial charge on any atom is 0.321 e. The van der Waals surface area contributed by atoms with Gasteiger partial charge in [0.2, 0.25) is 0 Å². The van der Waals surface area contributed by atoms with Gasteiger partial charge in [0.05, 0.1) is 5.02 Å². The highest BCUT2D eigenvalue weighted by Crippen LogP contribution is 2.26. The number of halogens is 2. The van der Waals surface area contributed by atoms with Crippen LogP contribution in [0.3, 0.4) is 0 Å². The smallest absolute Gasteiger partial charge is 0.321 e. The number of benzene rings is 3. The van der Waals surface area contributed by atoms with Gasteiger partial charge in [0, 0.05) is 30.1 Å². The van der Waals surface area contributed by atoms with Crippen molar-refractivity contribution < 1.29 is 14.6 Å². The summed E-state index contributed by atoms with van der Waals surface area (Å²) in [6.07, 6.45) is 2.25. The lowest BCUT2D eigenvalue weighted by Crippen LogP contribution is -2.38. The molecule has 4 rings (SSSR count). The molecule has 1 atom stereocenters. The second kappa shape index (κ2) is 11.0. The van der Waals surface area contributed by atoms with Gasteiger partial charge < -0.3 is 20.1 Å². The number of H-pyrrole nitrogens is 1. The fraction of sp³-hybridized carbons (Fsp3) is 0.160. The molecule has 0 fully saturated rings. The second-order valence-electron chi connectivity index (χ2n) is 7.37. The predicted octanol–water partition coefficient (Wildman–Crippen LogP) is 5.61. The van der Waals surface area contributed by atoms with Crippen molar-refractivity contribution in [1.82, 2.24) is 10.3 Å². The standard InChI is InChI=1S/C25H23ClN2O3.ClH/c26-21-12-18(10-11-24(21)31-16-17-6-2-1-3-7-17)14-27-23(25(29)30)13-19-15-28-22-9-5-4-8-20(19)22;/h1-12,15,23,27-28H,13-14,16H2,(H,29,30);1H. The van der Waals surface area contributed by atoms with Crippen LogP contribution in [0.5, 0.6) is 5.75 Å². The summed E-state index contributed by atoms with van der Waals surface area (Å²) in [5, 5.41) is 14.3. The van der Waals surface area contributed by atoms with Gasteiger partial charge in [0.25, 0.3) is 0 Å². The lowest BCUT2D eigenvalue weighted by molar-refractivity contribution is -0.139. The van der Waals surface area contributed by atoms with E-state index in [-0.39, 0.29) is 12.4 Å². The Kier molecular flexibility index (Phi) is 8.17. The molecule has 0 saturated heterocycles. The van der Waals surface area contributed by atoms with Gasteiger partial charge >= 0.3 is 5.97 Å². The van der Waals surface area contributed by atoms with E-state index >= 15 is 0 Å². The molecule has 0 aliphatic rings. The molecular formula is C25H24Cl2N2O3. The maximum absolute atomic E-state index is 11.8. The minimum atomic E-state index is -0.890. The number of carboxylic acid groups (broad SMARTS) is 1. The van der Waals surface area contributed by atoms with E-state index in [0.29, 0.717) is 30.3 Å². The summed E-state index contributed by atoms with van der Waals surface area (Å²) >= 11 is 6.38. The predicted molar refractivity (Wildman–Crippen MR) is 130 cm³/mol. The van der Waals surface area contributed by atoms with Gasteiger partial charge in [0.15, 0.2) is 0 Å². The topological polar surface area (TPSA) is 74.3 Å². The first-order chi connectivity index (χ1) is 15.1. The highest BCUT2D eigenvalue weighted by molar-refractivity contribution is 6.32. The molecule has 166 valence electrons. The number of aromatic amines is 1. The molecule has 1 unspecified atom stereocenters. The Morgan fingerprint density at radius 1 is 1.03 bits per heavy atom. The average Bonchev–Trinajstić information content (AvgIpc) is 3.19. The molecule has 0 spiro atoms. The molecule has 4 aromatic rings. The zero-order valence-corrected chi connectivity index (χ0v) is 18.8. The quantitative estimate of drug-likeness (QED) is 0.297. The molecule has 0 aliphatic carbocycles. The zero-order chi connectivity index (χ0) is 21.6. The number of ether oxygens (including phenoxy) is 1. The average molecular weight is 471 g/mol. The Hall–Kier alpha value is -2.99. The molecule has 0 aliphatic heterocycles. The van der Waals surface area contributed by atoms with Gasteiger partial charge in [-0.2, -0.15) is 0 Å². The van der Waals surface area contributed by atoms with E-state index in [2.05, 4.69) is 10.3 Å². The number of carboxylic acids is 1. The minimum Gasteiger partial charge on any atom is -0.487 e. The van der Waals surface area contributed by atoms with Crippen molar-refractivity contribution in [2.45, 2.75) is 25.6 Å². The number of carbonyl (C=O) groups is 1. The molecule has 5 nitrogen and oxygen atoms in total. The number of hydrogen-bond donors (Lipinski definition) is 3. The highest BCUT2D eigenvalue weighted by atomic mass is 35.5. The number of hydrogen-bond acceptors (Lipinski definition) is 3. The van der Waals surface area contributed by atoms with Crippen molar-refractivity contribution in [3.05, 3.63) is 101 Å². The van der Waals surface area contributed by atoms with E-state index in [1.165, 1.54) is 0 Å². The van der Waals surface area contributed by atoms with Crippen LogP contribution in [0, 0.1) is 0 Å². The van der Waals surface area contributed by atoms with Crippen LogP contribution in [0.1, 0.15) is 16.7 Å². The number of rotatable bonds is 9. The normalized spacial score (nSPS) is 11.7. The Bertz CT molecular complexity index is 1180. The van der Waals surface area contributed by atoms with Crippen molar-refractivity contribution >= 4 is 40.9 Å². The van der Waals surface area contributed by atoms with E-state index in [1.807, 2.05) is 72.9 Å². The highest BCUT2D eigenvalue weighted by Gasteiger charge is 2.19. The third-order valence-corrected chi connectivity index (χ3v) is 5.48. The number of para-hydroxylation sites is 1. The van der Waals surface area contributed by atoms with Crippen LogP contribution in [0.25, 0.3) is 10.9 Å². The number of nitrogens with one attached hydrogen (secondary N) is 2. The van der Waals surface area contributed by atoms with Crippen molar-refractivity contribution in [1.29, 1.82) is 0 Å².